The van der Waals surface area contributed by atoms with Crippen LogP contribution in [0.25, 0.3) is 0 Å². The molecule has 0 radical (unpaired) electrons. The van der Waals surface area contributed by atoms with Gasteiger partial charge in [0.1, 0.15) is 16.5 Å². The van der Waals surface area contributed by atoms with Crippen molar-refractivity contribution in [3.05, 3.63) is 36.2 Å². The lowest BCUT2D eigenvalue weighted by Gasteiger charge is -2.14. The van der Waals surface area contributed by atoms with Crippen LogP contribution in [0, 0.1) is 17.3 Å². The number of sulfone groups is 1. The molecule has 8 nitrogen and oxygen atoms in total. The quantitative estimate of drug-likeness (QED) is 0.654. The largest absolute Gasteiger partial charge is 0.338 e. The van der Waals surface area contributed by atoms with E-state index >= 15 is 0 Å². The van der Waals surface area contributed by atoms with E-state index in [-0.39, 0.29) is 39.7 Å². The number of aromatic nitrogens is 2. The molecule has 2 aromatic rings. The number of anilines is 3. The lowest BCUT2D eigenvalue weighted by Crippen LogP contribution is -2.17. The maximum Gasteiger partial charge on any atom is 0.229 e. The van der Waals surface area contributed by atoms with Crippen LogP contribution in [0.5, 0.6) is 0 Å². The summed E-state index contributed by atoms with van der Waals surface area (Å²) in [7, 11) is -3.52. The maximum atomic E-state index is 12.7. The van der Waals surface area contributed by atoms with Crippen LogP contribution in [0.4, 0.5) is 17.3 Å². The first-order valence-electron chi connectivity index (χ1n) is 10.0. The molecule has 1 unspecified atom stereocenters. The fourth-order valence-corrected chi connectivity index (χ4v) is 4.73. The molecule has 1 spiro atoms. The van der Waals surface area contributed by atoms with Crippen LogP contribution in [0.1, 0.15) is 42.5 Å². The Hall–Kier alpha value is -2.81. The minimum atomic E-state index is -3.52. The highest BCUT2D eigenvalue weighted by Crippen LogP contribution is 2.70. The van der Waals surface area contributed by atoms with Gasteiger partial charge in [-0.05, 0) is 49.7 Å². The van der Waals surface area contributed by atoms with Crippen molar-refractivity contribution in [3.63, 3.8) is 0 Å². The summed E-state index contributed by atoms with van der Waals surface area (Å²) in [5.41, 5.74) is 0.981. The molecule has 3 fully saturated rings. The molecular weight excluding hydrogens is 404 g/mol. The highest BCUT2D eigenvalue weighted by molar-refractivity contribution is 7.90. The summed E-state index contributed by atoms with van der Waals surface area (Å²) >= 11 is 0. The Labute approximate surface area is 174 Å². The van der Waals surface area contributed by atoms with Crippen LogP contribution in [-0.2, 0) is 14.6 Å². The Morgan fingerprint density at radius 2 is 1.97 bits per heavy atom. The molecule has 0 aliphatic heterocycles. The van der Waals surface area contributed by atoms with Gasteiger partial charge in [0.15, 0.2) is 15.6 Å². The third kappa shape index (κ3) is 3.58. The number of nitrogens with zero attached hydrogens (tertiary/aromatic N) is 2. The van der Waals surface area contributed by atoms with E-state index in [1.54, 1.807) is 12.1 Å². The van der Waals surface area contributed by atoms with E-state index in [1.165, 1.54) is 18.5 Å². The number of amides is 1. The van der Waals surface area contributed by atoms with Gasteiger partial charge in [0.2, 0.25) is 5.91 Å². The van der Waals surface area contributed by atoms with E-state index in [2.05, 4.69) is 20.6 Å². The molecule has 2 aromatic heterocycles. The Balaban J connectivity index is 1.47. The Morgan fingerprint density at radius 1 is 1.20 bits per heavy atom. The summed E-state index contributed by atoms with van der Waals surface area (Å²) in [4.78, 5) is 33.7. The SMILES string of the molecule is CS(=O)(=O)c1cccnc1Nc1cc(NC(=O)C2CC23CC3)ncc1C(=O)C1CC1. The first kappa shape index (κ1) is 19.2. The number of ketones is 1. The molecule has 1 atom stereocenters. The van der Waals surface area contributed by atoms with Gasteiger partial charge in [-0.2, -0.15) is 0 Å². The summed E-state index contributed by atoms with van der Waals surface area (Å²) in [6.45, 7) is 0. The lowest BCUT2D eigenvalue weighted by molar-refractivity contribution is -0.117. The van der Waals surface area contributed by atoms with Crippen LogP contribution in [0.2, 0.25) is 0 Å². The van der Waals surface area contributed by atoms with Crippen LogP contribution in [0.3, 0.4) is 0 Å². The molecule has 0 bridgehead atoms. The zero-order valence-corrected chi connectivity index (χ0v) is 17.3. The number of rotatable bonds is 7. The van der Waals surface area contributed by atoms with Gasteiger partial charge in [-0.25, -0.2) is 18.4 Å². The lowest BCUT2D eigenvalue weighted by atomic mass is 10.1. The van der Waals surface area contributed by atoms with Crippen LogP contribution in [-0.4, -0.2) is 36.3 Å². The predicted molar refractivity (Wildman–Crippen MR) is 110 cm³/mol. The Bertz CT molecular complexity index is 1170. The summed E-state index contributed by atoms with van der Waals surface area (Å²) in [5, 5.41) is 5.84. The molecule has 9 heteroatoms. The zero-order chi connectivity index (χ0) is 21.1. The average molecular weight is 426 g/mol. The van der Waals surface area contributed by atoms with Crippen molar-refractivity contribution in [3.8, 4) is 0 Å². The van der Waals surface area contributed by atoms with Crippen LogP contribution >= 0.6 is 0 Å². The van der Waals surface area contributed by atoms with Crippen LogP contribution in [0.15, 0.2) is 35.5 Å². The fourth-order valence-electron chi connectivity index (χ4n) is 3.95. The standard InChI is InChI=1S/C21H22N4O4S/c1-30(28,29)16-3-2-8-22-19(16)24-15-9-17(23-11-13(15)18(26)12-4-5-12)25-20(27)14-10-21(14)6-7-21/h2-3,8-9,11-12,14H,4-7,10H2,1H3,(H2,22,23,24,25,27). The zero-order valence-electron chi connectivity index (χ0n) is 16.5. The van der Waals surface area contributed by atoms with Crippen molar-refractivity contribution in [1.29, 1.82) is 0 Å². The van der Waals surface area contributed by atoms with Gasteiger partial charge in [0, 0.05) is 36.6 Å². The van der Waals surface area contributed by atoms with Crippen molar-refractivity contribution in [2.75, 3.05) is 16.9 Å². The van der Waals surface area contributed by atoms with Crippen molar-refractivity contribution in [2.45, 2.75) is 37.0 Å². The maximum absolute atomic E-state index is 12.7. The second kappa shape index (κ2) is 6.60. The molecule has 5 rings (SSSR count). The molecule has 3 saturated carbocycles. The van der Waals surface area contributed by atoms with Gasteiger partial charge >= 0.3 is 0 Å². The van der Waals surface area contributed by atoms with E-state index in [0.29, 0.717) is 17.1 Å². The molecular formula is C21H22N4O4S. The monoisotopic (exact) mass is 426 g/mol. The molecule has 3 aliphatic rings. The average Bonchev–Trinajstić information content (AvgIpc) is 3.58. The van der Waals surface area contributed by atoms with E-state index in [1.807, 2.05) is 0 Å². The van der Waals surface area contributed by atoms with E-state index in [9.17, 15) is 18.0 Å². The highest BCUT2D eigenvalue weighted by atomic mass is 32.2. The Kier molecular flexibility index (Phi) is 4.22. The molecule has 0 saturated heterocycles. The van der Waals surface area contributed by atoms with Crippen LogP contribution < -0.4 is 10.6 Å². The summed E-state index contributed by atoms with van der Waals surface area (Å²) in [5.74, 6) is 0.366. The van der Waals surface area contributed by atoms with Crippen molar-refractivity contribution >= 4 is 38.9 Å². The number of carbonyl (C=O) groups is 2. The molecule has 2 N–H and O–H groups in total. The minimum absolute atomic E-state index is 0.0332. The molecule has 2 heterocycles. The van der Waals surface area contributed by atoms with Gasteiger partial charge in [0.25, 0.3) is 0 Å². The first-order valence-corrected chi connectivity index (χ1v) is 11.9. The summed E-state index contributed by atoms with van der Waals surface area (Å²) in [6.07, 6.45) is 8.83. The van der Waals surface area contributed by atoms with Gasteiger partial charge in [-0.3, -0.25) is 9.59 Å². The van der Waals surface area contributed by atoms with E-state index in [4.69, 9.17) is 0 Å². The van der Waals surface area contributed by atoms with Gasteiger partial charge in [-0.1, -0.05) is 0 Å². The summed E-state index contributed by atoms with van der Waals surface area (Å²) in [6, 6.07) is 4.58. The van der Waals surface area contributed by atoms with Gasteiger partial charge in [-0.15, -0.1) is 0 Å². The fraction of sp³-hybridized carbons (Fsp3) is 0.429. The second-order valence-corrected chi connectivity index (χ2v) is 10.6. The third-order valence-electron chi connectivity index (χ3n) is 6.19. The van der Waals surface area contributed by atoms with Crippen molar-refractivity contribution in [1.82, 2.24) is 9.97 Å². The number of pyridine rings is 2. The van der Waals surface area contributed by atoms with Crippen molar-refractivity contribution < 1.29 is 18.0 Å². The number of hydrogen-bond donors (Lipinski definition) is 2. The number of Topliss-reactive ketones (excluding diaryl/α,β-unsaturated/α-hetero) is 1. The molecule has 156 valence electrons. The number of nitrogens with one attached hydrogen (secondary N) is 2. The first-order chi connectivity index (χ1) is 14.3. The third-order valence-corrected chi connectivity index (χ3v) is 7.32. The second-order valence-electron chi connectivity index (χ2n) is 8.61. The molecule has 30 heavy (non-hydrogen) atoms. The topological polar surface area (TPSA) is 118 Å². The molecule has 0 aromatic carbocycles. The van der Waals surface area contributed by atoms with E-state index < -0.39 is 9.84 Å². The molecule has 3 aliphatic carbocycles. The highest BCUT2D eigenvalue weighted by Gasteiger charge is 2.65. The predicted octanol–water partition coefficient (Wildman–Crippen LogP) is 2.96. The van der Waals surface area contributed by atoms with Gasteiger partial charge < -0.3 is 10.6 Å². The molecule has 1 amide bonds. The minimum Gasteiger partial charge on any atom is -0.338 e. The number of carbonyl (C=O) groups excluding carboxylic acids is 2. The van der Waals surface area contributed by atoms with Gasteiger partial charge in [0.05, 0.1) is 11.3 Å². The normalized spacial score (nSPS) is 21.2. The van der Waals surface area contributed by atoms with Crippen molar-refractivity contribution in [2.24, 2.45) is 17.3 Å². The smallest absolute Gasteiger partial charge is 0.229 e. The van der Waals surface area contributed by atoms with E-state index in [0.717, 1.165) is 38.4 Å². The Morgan fingerprint density at radius 3 is 2.60 bits per heavy atom. The summed E-state index contributed by atoms with van der Waals surface area (Å²) < 4.78 is 24.3. The number of hydrogen-bond acceptors (Lipinski definition) is 7.